The lowest BCUT2D eigenvalue weighted by molar-refractivity contribution is -0.120. The SMILES string of the molecule is C#CCOc1cnc2c(Nc3cc(F)c(F)c([C@]4(C)C[C@](C)(C(N)=O)SC(N)=N4)c3)ncnc2c1. The van der Waals surface area contributed by atoms with E-state index in [-0.39, 0.29) is 35.3 Å². The number of primary amides is 1. The Bertz CT molecular complexity index is 1410. The van der Waals surface area contributed by atoms with Crippen LogP contribution in [0, 0.1) is 24.0 Å². The smallest absolute Gasteiger partial charge is 0.233 e. The fraction of sp³-hybridized carbons (Fsp3) is 0.261. The molecule has 1 amide bonds. The van der Waals surface area contributed by atoms with Gasteiger partial charge in [0.25, 0.3) is 0 Å². The number of aliphatic imine (C=N–C) groups is 1. The fourth-order valence-electron chi connectivity index (χ4n) is 3.93. The molecule has 9 nitrogen and oxygen atoms in total. The average Bonchev–Trinajstić information content (AvgIpc) is 2.79. The van der Waals surface area contributed by atoms with Crippen LogP contribution in [0.4, 0.5) is 20.3 Å². The van der Waals surface area contributed by atoms with Gasteiger partial charge in [-0.1, -0.05) is 17.7 Å². The molecule has 0 bridgehead atoms. The zero-order valence-electron chi connectivity index (χ0n) is 18.8. The zero-order chi connectivity index (χ0) is 25.4. The summed E-state index contributed by atoms with van der Waals surface area (Å²) in [7, 11) is 0. The lowest BCUT2D eigenvalue weighted by atomic mass is 9.82. The molecule has 4 rings (SSSR count). The Morgan fingerprint density at radius 2 is 2.06 bits per heavy atom. The minimum absolute atomic E-state index is 0.0128. The highest BCUT2D eigenvalue weighted by Crippen LogP contribution is 2.46. The van der Waals surface area contributed by atoms with Gasteiger partial charge in [0.1, 0.15) is 28.9 Å². The lowest BCUT2D eigenvalue weighted by Crippen LogP contribution is -2.48. The van der Waals surface area contributed by atoms with E-state index in [9.17, 15) is 9.18 Å². The molecule has 0 saturated carbocycles. The van der Waals surface area contributed by atoms with Crippen molar-refractivity contribution in [2.45, 2.75) is 30.6 Å². The molecule has 0 fully saturated rings. The van der Waals surface area contributed by atoms with Crippen molar-refractivity contribution in [3.8, 4) is 18.1 Å². The average molecular weight is 498 g/mol. The largest absolute Gasteiger partial charge is 0.479 e. The summed E-state index contributed by atoms with van der Waals surface area (Å²) >= 11 is 0.993. The van der Waals surface area contributed by atoms with Gasteiger partial charge in [-0.05, 0) is 19.9 Å². The molecule has 0 aliphatic carbocycles. The molecule has 3 aromatic rings. The molecule has 3 heterocycles. The van der Waals surface area contributed by atoms with Gasteiger partial charge in [-0.15, -0.1) is 6.42 Å². The first kappa shape index (κ1) is 24.2. The molecule has 5 N–H and O–H groups in total. The van der Waals surface area contributed by atoms with Gasteiger partial charge in [0.2, 0.25) is 5.91 Å². The number of carbonyl (C=O) groups is 1. The second kappa shape index (κ2) is 8.99. The third-order valence-electron chi connectivity index (χ3n) is 5.53. The minimum Gasteiger partial charge on any atom is -0.479 e. The molecule has 0 spiro atoms. The topological polar surface area (TPSA) is 141 Å². The third kappa shape index (κ3) is 4.67. The Hall–Kier alpha value is -3.98. The van der Waals surface area contributed by atoms with Crippen LogP contribution in [0.5, 0.6) is 5.75 Å². The number of rotatable bonds is 6. The number of nitrogens with two attached hydrogens (primary N) is 2. The maximum atomic E-state index is 15.0. The number of benzene rings is 1. The van der Waals surface area contributed by atoms with E-state index in [1.165, 1.54) is 18.6 Å². The predicted octanol–water partition coefficient (Wildman–Crippen LogP) is 2.97. The Morgan fingerprint density at radius 3 is 2.77 bits per heavy atom. The van der Waals surface area contributed by atoms with Gasteiger partial charge in [-0.3, -0.25) is 9.79 Å². The number of hydrogen-bond acceptors (Lipinski definition) is 9. The van der Waals surface area contributed by atoms with Gasteiger partial charge >= 0.3 is 0 Å². The quantitative estimate of drug-likeness (QED) is 0.442. The van der Waals surface area contributed by atoms with Crippen molar-refractivity contribution in [1.82, 2.24) is 15.0 Å². The number of amides is 1. The highest BCUT2D eigenvalue weighted by atomic mass is 32.2. The van der Waals surface area contributed by atoms with E-state index in [0.29, 0.717) is 16.8 Å². The van der Waals surface area contributed by atoms with E-state index >= 15 is 4.39 Å². The number of aromatic nitrogens is 3. The Kier molecular flexibility index (Phi) is 6.21. The molecule has 0 saturated heterocycles. The van der Waals surface area contributed by atoms with Crippen LogP contribution < -0.4 is 21.5 Å². The van der Waals surface area contributed by atoms with Crippen LogP contribution in [0.1, 0.15) is 25.8 Å². The third-order valence-corrected chi connectivity index (χ3v) is 6.63. The normalized spacial score (nSPS) is 21.7. The van der Waals surface area contributed by atoms with Crippen LogP contribution in [0.15, 0.2) is 35.7 Å². The van der Waals surface area contributed by atoms with Crippen LogP contribution in [0.2, 0.25) is 0 Å². The summed E-state index contributed by atoms with van der Waals surface area (Å²) in [6.07, 6.45) is 7.96. The number of amidine groups is 1. The second-order valence-electron chi connectivity index (χ2n) is 8.30. The van der Waals surface area contributed by atoms with Gasteiger partial charge in [-0.2, -0.15) is 0 Å². The highest BCUT2D eigenvalue weighted by Gasteiger charge is 2.47. The number of carbonyl (C=O) groups excluding carboxylic acids is 1. The molecular weight excluding hydrogens is 476 g/mol. The predicted molar refractivity (Wildman–Crippen MR) is 130 cm³/mol. The van der Waals surface area contributed by atoms with Gasteiger partial charge in [0.05, 0.1) is 17.3 Å². The number of terminal acetylenes is 1. The molecule has 12 heteroatoms. The summed E-state index contributed by atoms with van der Waals surface area (Å²) in [5, 5.41) is 3.01. The van der Waals surface area contributed by atoms with Crippen molar-refractivity contribution in [3.63, 3.8) is 0 Å². The molecule has 1 aliphatic heterocycles. The summed E-state index contributed by atoms with van der Waals surface area (Å²) < 4.78 is 34.0. The first-order valence-corrected chi connectivity index (χ1v) is 11.1. The number of halogens is 2. The van der Waals surface area contributed by atoms with Crippen molar-refractivity contribution >= 4 is 45.4 Å². The number of pyridine rings is 1. The van der Waals surface area contributed by atoms with Crippen LogP contribution in [0.25, 0.3) is 11.0 Å². The molecule has 0 radical (unpaired) electrons. The lowest BCUT2D eigenvalue weighted by Gasteiger charge is -2.39. The van der Waals surface area contributed by atoms with Gasteiger partial charge in [0, 0.05) is 29.8 Å². The molecule has 2 atom stereocenters. The summed E-state index contributed by atoms with van der Waals surface area (Å²) in [6, 6.07) is 4.01. The number of ether oxygens (including phenoxy) is 1. The van der Waals surface area contributed by atoms with Crippen molar-refractivity contribution < 1.29 is 18.3 Å². The summed E-state index contributed by atoms with van der Waals surface area (Å²) in [4.78, 5) is 29.1. The molecule has 2 aromatic heterocycles. The van der Waals surface area contributed by atoms with Crippen LogP contribution in [0.3, 0.4) is 0 Å². The highest BCUT2D eigenvalue weighted by molar-refractivity contribution is 8.15. The molecule has 0 unspecified atom stereocenters. The Balaban J connectivity index is 1.74. The maximum Gasteiger partial charge on any atom is 0.233 e. The Labute approximate surface area is 203 Å². The van der Waals surface area contributed by atoms with Crippen LogP contribution in [-0.2, 0) is 10.3 Å². The van der Waals surface area contributed by atoms with Crippen molar-refractivity contribution in [1.29, 1.82) is 0 Å². The van der Waals surface area contributed by atoms with Gasteiger partial charge in [-0.25, -0.2) is 23.7 Å². The van der Waals surface area contributed by atoms with E-state index in [2.05, 4.69) is 31.2 Å². The summed E-state index contributed by atoms with van der Waals surface area (Å²) in [6.45, 7) is 3.23. The molecule has 1 aliphatic rings. The number of nitrogens with zero attached hydrogens (tertiary/aromatic N) is 4. The first-order chi connectivity index (χ1) is 16.5. The number of anilines is 2. The zero-order valence-corrected chi connectivity index (χ0v) is 19.6. The summed E-state index contributed by atoms with van der Waals surface area (Å²) in [5.74, 6) is 0.188. The van der Waals surface area contributed by atoms with Crippen LogP contribution in [-0.4, -0.2) is 37.4 Å². The minimum atomic E-state index is -1.35. The molecule has 35 heavy (non-hydrogen) atoms. The fourth-order valence-corrected chi connectivity index (χ4v) is 5.10. The van der Waals surface area contributed by atoms with Crippen LogP contribution >= 0.6 is 11.8 Å². The van der Waals surface area contributed by atoms with E-state index < -0.39 is 27.8 Å². The monoisotopic (exact) mass is 497 g/mol. The maximum absolute atomic E-state index is 15.0. The number of fused-ring (bicyclic) bond motifs is 1. The Morgan fingerprint density at radius 1 is 1.29 bits per heavy atom. The molecule has 180 valence electrons. The van der Waals surface area contributed by atoms with E-state index in [1.807, 2.05) is 0 Å². The van der Waals surface area contributed by atoms with Crippen molar-refractivity contribution in [2.24, 2.45) is 16.5 Å². The molecular formula is C23H21F2N7O2S. The van der Waals surface area contributed by atoms with E-state index in [0.717, 1.165) is 17.8 Å². The number of hydrogen-bond donors (Lipinski definition) is 3. The number of nitrogens with one attached hydrogen (secondary N) is 1. The van der Waals surface area contributed by atoms with Crippen molar-refractivity contribution in [3.05, 3.63) is 47.9 Å². The second-order valence-corrected chi connectivity index (χ2v) is 9.82. The van der Waals surface area contributed by atoms with Gasteiger partial charge < -0.3 is 21.5 Å². The molecule has 1 aromatic carbocycles. The number of thioether (sulfide) groups is 1. The standard InChI is InChI=1S/C23H21F2N7O2S/c1-4-5-34-13-8-16-18(28-9-13)19(30-11-29-16)31-12-6-14(17(25)15(24)7-12)22(2)10-23(3,20(26)33)35-21(27)32-22/h1,6-9,11H,5,10H2,2-3H3,(H2,26,33)(H2,27,32)(H,29,30,31)/t22-,23+/m0/s1. The van der Waals surface area contributed by atoms with Gasteiger partial charge in [0.15, 0.2) is 22.6 Å². The van der Waals surface area contributed by atoms with E-state index in [4.69, 9.17) is 22.6 Å². The van der Waals surface area contributed by atoms with Crippen molar-refractivity contribution in [2.75, 3.05) is 11.9 Å². The van der Waals surface area contributed by atoms with E-state index in [1.54, 1.807) is 19.9 Å². The summed E-state index contributed by atoms with van der Waals surface area (Å²) in [5.41, 5.74) is 11.1. The first-order valence-electron chi connectivity index (χ1n) is 10.3.